The third kappa shape index (κ3) is 6.00. The summed E-state index contributed by atoms with van der Waals surface area (Å²) >= 11 is 0. The highest BCUT2D eigenvalue weighted by molar-refractivity contribution is 5.64. The molecule has 0 unspecified atom stereocenters. The molecule has 5 nitrogen and oxygen atoms in total. The van der Waals surface area contributed by atoms with Crippen LogP contribution in [0.5, 0.6) is 5.75 Å². The van der Waals surface area contributed by atoms with Gasteiger partial charge >= 0.3 is 6.09 Å². The fraction of sp³-hybridized carbons (Fsp3) is 0.611. The zero-order valence-corrected chi connectivity index (χ0v) is 13.9. The summed E-state index contributed by atoms with van der Waals surface area (Å²) in [6, 6.07) is 7.23. The van der Waals surface area contributed by atoms with Crippen LogP contribution >= 0.6 is 0 Å². The van der Waals surface area contributed by atoms with Gasteiger partial charge in [-0.1, -0.05) is 31.7 Å². The minimum atomic E-state index is -0.836. The van der Waals surface area contributed by atoms with Crippen LogP contribution in [0.4, 0.5) is 10.5 Å². The zero-order valence-electron chi connectivity index (χ0n) is 13.9. The molecule has 1 aliphatic rings. The van der Waals surface area contributed by atoms with E-state index < -0.39 is 6.09 Å². The number of nitrogens with one attached hydrogen (secondary N) is 1. The number of phenolic OH excluding ortho intramolecular Hbond substituents is 1. The van der Waals surface area contributed by atoms with Gasteiger partial charge in [0.1, 0.15) is 5.75 Å². The second-order valence-electron chi connectivity index (χ2n) is 6.65. The molecule has 0 saturated heterocycles. The fourth-order valence-corrected chi connectivity index (χ4v) is 3.32. The van der Waals surface area contributed by atoms with E-state index in [9.17, 15) is 9.90 Å². The highest BCUT2D eigenvalue weighted by Crippen LogP contribution is 2.32. The Labute approximate surface area is 138 Å². The summed E-state index contributed by atoms with van der Waals surface area (Å²) in [5.41, 5.74) is 0.968. The molecule has 1 aromatic carbocycles. The Morgan fingerprint density at radius 1 is 1.22 bits per heavy atom. The second kappa shape index (κ2) is 8.65. The zero-order chi connectivity index (χ0) is 16.7. The maximum Gasteiger partial charge on any atom is 0.407 e. The number of phenols is 1. The Balaban J connectivity index is 1.60. The smallest absolute Gasteiger partial charge is 0.407 e. The van der Waals surface area contributed by atoms with Crippen molar-refractivity contribution in [2.24, 2.45) is 11.8 Å². The number of anilines is 1. The molecule has 128 valence electrons. The van der Waals surface area contributed by atoms with Crippen LogP contribution in [0, 0.1) is 11.8 Å². The van der Waals surface area contributed by atoms with Gasteiger partial charge in [0, 0.05) is 31.9 Å². The topological polar surface area (TPSA) is 72.8 Å². The average molecular weight is 320 g/mol. The SMILES string of the molecule is CN(CCC1CCC(CCNc2cccc(O)c2)CC1)C(=O)O. The molecule has 1 aliphatic carbocycles. The van der Waals surface area contributed by atoms with Gasteiger partial charge < -0.3 is 20.4 Å². The van der Waals surface area contributed by atoms with Crippen molar-refractivity contribution in [1.29, 1.82) is 0 Å². The first-order valence-electron chi connectivity index (χ1n) is 8.51. The molecule has 0 heterocycles. The molecule has 0 aromatic heterocycles. The Kier molecular flexibility index (Phi) is 6.56. The van der Waals surface area contributed by atoms with Crippen LogP contribution in [-0.2, 0) is 0 Å². The molecule has 1 saturated carbocycles. The van der Waals surface area contributed by atoms with Crippen molar-refractivity contribution in [3.8, 4) is 5.75 Å². The van der Waals surface area contributed by atoms with Crippen molar-refractivity contribution < 1.29 is 15.0 Å². The van der Waals surface area contributed by atoms with Crippen LogP contribution in [0.2, 0.25) is 0 Å². The molecule has 23 heavy (non-hydrogen) atoms. The van der Waals surface area contributed by atoms with Crippen molar-refractivity contribution in [2.45, 2.75) is 38.5 Å². The molecular weight excluding hydrogens is 292 g/mol. The number of hydrogen-bond donors (Lipinski definition) is 3. The number of hydrogen-bond acceptors (Lipinski definition) is 3. The molecule has 1 amide bonds. The highest BCUT2D eigenvalue weighted by atomic mass is 16.4. The van der Waals surface area contributed by atoms with Crippen LogP contribution < -0.4 is 5.32 Å². The number of rotatable bonds is 7. The van der Waals surface area contributed by atoms with Crippen molar-refractivity contribution in [3.05, 3.63) is 24.3 Å². The monoisotopic (exact) mass is 320 g/mol. The van der Waals surface area contributed by atoms with Crippen LogP contribution in [-0.4, -0.2) is 41.3 Å². The minimum absolute atomic E-state index is 0.293. The third-order valence-corrected chi connectivity index (χ3v) is 4.89. The molecular formula is C18H28N2O3. The van der Waals surface area contributed by atoms with Crippen LogP contribution in [0.1, 0.15) is 38.5 Å². The Morgan fingerprint density at radius 3 is 2.48 bits per heavy atom. The Morgan fingerprint density at radius 2 is 1.87 bits per heavy atom. The lowest BCUT2D eigenvalue weighted by Crippen LogP contribution is -2.28. The lowest BCUT2D eigenvalue weighted by atomic mass is 9.79. The van der Waals surface area contributed by atoms with Crippen LogP contribution in [0.15, 0.2) is 24.3 Å². The van der Waals surface area contributed by atoms with Gasteiger partial charge in [0.05, 0.1) is 0 Å². The molecule has 1 fully saturated rings. The third-order valence-electron chi connectivity index (χ3n) is 4.89. The fourth-order valence-electron chi connectivity index (χ4n) is 3.32. The summed E-state index contributed by atoms with van der Waals surface area (Å²) in [7, 11) is 1.64. The first kappa shape index (κ1) is 17.4. The Bertz CT molecular complexity index is 499. The predicted octanol–water partition coefficient (Wildman–Crippen LogP) is 4.00. The minimum Gasteiger partial charge on any atom is -0.508 e. The van der Waals surface area contributed by atoms with E-state index in [0.29, 0.717) is 18.2 Å². The normalized spacial score (nSPS) is 20.9. The molecule has 0 atom stereocenters. The maximum absolute atomic E-state index is 10.8. The van der Waals surface area contributed by atoms with E-state index in [1.807, 2.05) is 12.1 Å². The van der Waals surface area contributed by atoms with Gasteiger partial charge in [-0.15, -0.1) is 0 Å². The van der Waals surface area contributed by atoms with Crippen LogP contribution in [0.3, 0.4) is 0 Å². The summed E-state index contributed by atoms with van der Waals surface area (Å²) in [6.07, 6.45) is 6.20. The van der Waals surface area contributed by atoms with E-state index in [1.54, 1.807) is 19.2 Å². The number of carboxylic acid groups (broad SMARTS) is 1. The standard InChI is InChI=1S/C18H28N2O3/c1-20(18(22)23)12-10-15-7-5-14(6-8-15)9-11-19-16-3-2-4-17(21)13-16/h2-4,13-15,19,21H,5-12H2,1H3,(H,22,23). The van der Waals surface area contributed by atoms with Crippen molar-refractivity contribution in [3.63, 3.8) is 0 Å². The molecule has 1 aromatic rings. The average Bonchev–Trinajstić information content (AvgIpc) is 2.54. The molecule has 0 radical (unpaired) electrons. The number of benzene rings is 1. The first-order valence-corrected chi connectivity index (χ1v) is 8.51. The second-order valence-corrected chi connectivity index (χ2v) is 6.65. The van der Waals surface area contributed by atoms with Crippen molar-refractivity contribution in [1.82, 2.24) is 4.90 Å². The molecule has 3 N–H and O–H groups in total. The van der Waals surface area contributed by atoms with E-state index in [0.717, 1.165) is 31.0 Å². The Hall–Kier alpha value is -1.91. The summed E-state index contributed by atoms with van der Waals surface area (Å²) in [5, 5.41) is 21.7. The van der Waals surface area contributed by atoms with Gasteiger partial charge in [0.2, 0.25) is 0 Å². The van der Waals surface area contributed by atoms with Gasteiger partial charge in [-0.25, -0.2) is 4.79 Å². The summed E-state index contributed by atoms with van der Waals surface area (Å²) in [4.78, 5) is 12.2. The number of carbonyl (C=O) groups is 1. The predicted molar refractivity (Wildman–Crippen MR) is 91.9 cm³/mol. The van der Waals surface area contributed by atoms with Gasteiger partial charge in [-0.05, 0) is 36.8 Å². The molecule has 0 aliphatic heterocycles. The van der Waals surface area contributed by atoms with E-state index in [-0.39, 0.29) is 0 Å². The molecule has 0 bridgehead atoms. The van der Waals surface area contributed by atoms with Gasteiger partial charge in [0.25, 0.3) is 0 Å². The van der Waals surface area contributed by atoms with E-state index >= 15 is 0 Å². The summed E-state index contributed by atoms with van der Waals surface area (Å²) < 4.78 is 0. The van der Waals surface area contributed by atoms with Crippen molar-refractivity contribution >= 4 is 11.8 Å². The maximum atomic E-state index is 10.8. The number of amides is 1. The largest absolute Gasteiger partial charge is 0.508 e. The van der Waals surface area contributed by atoms with Gasteiger partial charge in [0.15, 0.2) is 0 Å². The van der Waals surface area contributed by atoms with Gasteiger partial charge in [-0.3, -0.25) is 0 Å². The quantitative estimate of drug-likeness (QED) is 0.710. The van der Waals surface area contributed by atoms with E-state index in [2.05, 4.69) is 5.32 Å². The lowest BCUT2D eigenvalue weighted by Gasteiger charge is -2.29. The van der Waals surface area contributed by atoms with Crippen LogP contribution in [0.25, 0.3) is 0 Å². The first-order chi connectivity index (χ1) is 11.0. The van der Waals surface area contributed by atoms with E-state index in [4.69, 9.17) is 5.11 Å². The molecule has 5 heteroatoms. The summed E-state index contributed by atoms with van der Waals surface area (Å²) in [5.74, 6) is 1.72. The van der Waals surface area contributed by atoms with Crippen molar-refractivity contribution in [2.75, 3.05) is 25.5 Å². The number of nitrogens with zero attached hydrogens (tertiary/aromatic N) is 1. The van der Waals surface area contributed by atoms with Gasteiger partial charge in [-0.2, -0.15) is 0 Å². The number of aromatic hydroxyl groups is 1. The molecule has 0 spiro atoms. The summed E-state index contributed by atoms with van der Waals surface area (Å²) in [6.45, 7) is 1.57. The highest BCUT2D eigenvalue weighted by Gasteiger charge is 2.21. The molecule has 2 rings (SSSR count). The van der Waals surface area contributed by atoms with E-state index in [1.165, 1.54) is 30.6 Å². The lowest BCUT2D eigenvalue weighted by molar-refractivity contribution is 0.149.